The van der Waals surface area contributed by atoms with Crippen molar-refractivity contribution >= 4 is 0 Å². The number of aliphatic hydroxyl groups is 1. The number of hydrogen-bond donors (Lipinski definition) is 1. The highest BCUT2D eigenvalue weighted by atomic mass is 16.5. The minimum Gasteiger partial charge on any atom is -0.392 e. The van der Waals surface area contributed by atoms with Gasteiger partial charge in [0.05, 0.1) is 12.7 Å². The van der Waals surface area contributed by atoms with Gasteiger partial charge < -0.3 is 9.84 Å². The molecule has 0 heterocycles. The van der Waals surface area contributed by atoms with E-state index in [1.807, 2.05) is 13.8 Å². The molecule has 0 rings (SSSR count). The fourth-order valence-corrected chi connectivity index (χ4v) is 1.07. The fourth-order valence-electron chi connectivity index (χ4n) is 1.07. The Balaban J connectivity index is 3.69. The van der Waals surface area contributed by atoms with Crippen LogP contribution in [0.25, 0.3) is 0 Å². The Morgan fingerprint density at radius 2 is 2.00 bits per heavy atom. The molecule has 3 heteroatoms. The number of likely N-dealkylation sites (N-methyl/N-ethyl adjacent to an activating group) is 1. The van der Waals surface area contributed by atoms with Gasteiger partial charge in [-0.1, -0.05) is 20.8 Å². The maximum Gasteiger partial charge on any atom is 0.0689 e. The van der Waals surface area contributed by atoms with E-state index in [0.717, 1.165) is 26.2 Å². The Bertz CT molecular complexity index is 117. The van der Waals surface area contributed by atoms with Crippen molar-refractivity contribution in [3.8, 4) is 0 Å². The van der Waals surface area contributed by atoms with Gasteiger partial charge in [0.15, 0.2) is 0 Å². The van der Waals surface area contributed by atoms with Gasteiger partial charge in [0.1, 0.15) is 0 Å². The molecule has 0 radical (unpaired) electrons. The van der Waals surface area contributed by atoms with E-state index in [-0.39, 0.29) is 6.10 Å². The molecule has 13 heavy (non-hydrogen) atoms. The van der Waals surface area contributed by atoms with Crippen LogP contribution >= 0.6 is 0 Å². The van der Waals surface area contributed by atoms with Crippen molar-refractivity contribution in [2.24, 2.45) is 5.92 Å². The molecule has 0 fully saturated rings. The highest BCUT2D eigenvalue weighted by Gasteiger charge is 2.12. The van der Waals surface area contributed by atoms with Crippen molar-refractivity contribution in [3.63, 3.8) is 0 Å². The Hall–Kier alpha value is -0.120. The van der Waals surface area contributed by atoms with Crippen LogP contribution < -0.4 is 0 Å². The minimum absolute atomic E-state index is 0.225. The van der Waals surface area contributed by atoms with Crippen LogP contribution in [0.5, 0.6) is 0 Å². The molecule has 0 aliphatic carbocycles. The lowest BCUT2D eigenvalue weighted by Crippen LogP contribution is -2.36. The molecule has 0 aliphatic rings. The topological polar surface area (TPSA) is 32.7 Å². The largest absolute Gasteiger partial charge is 0.392 e. The summed E-state index contributed by atoms with van der Waals surface area (Å²) in [6.45, 7) is 9.52. The van der Waals surface area contributed by atoms with Crippen LogP contribution in [0.1, 0.15) is 20.8 Å². The molecule has 0 spiro atoms. The third kappa shape index (κ3) is 6.02. The first-order valence-corrected chi connectivity index (χ1v) is 5.01. The van der Waals surface area contributed by atoms with Crippen LogP contribution in [0.3, 0.4) is 0 Å². The highest BCUT2D eigenvalue weighted by Crippen LogP contribution is 2.03. The zero-order chi connectivity index (χ0) is 10.3. The first-order valence-electron chi connectivity index (χ1n) is 5.01. The minimum atomic E-state index is -0.225. The van der Waals surface area contributed by atoms with Gasteiger partial charge in [0.25, 0.3) is 0 Å². The Morgan fingerprint density at radius 1 is 1.38 bits per heavy atom. The Kier molecular flexibility index (Phi) is 7.23. The maximum atomic E-state index is 9.64. The summed E-state index contributed by atoms with van der Waals surface area (Å²) in [5.41, 5.74) is 0. The van der Waals surface area contributed by atoms with Crippen LogP contribution in [-0.4, -0.2) is 49.5 Å². The third-order valence-corrected chi connectivity index (χ3v) is 2.27. The number of aliphatic hydroxyl groups excluding tert-OH is 1. The van der Waals surface area contributed by atoms with Gasteiger partial charge in [0, 0.05) is 20.2 Å². The maximum absolute atomic E-state index is 9.64. The van der Waals surface area contributed by atoms with Gasteiger partial charge in [-0.25, -0.2) is 0 Å². The molecule has 1 N–H and O–H groups in total. The molecular weight excluding hydrogens is 166 g/mol. The van der Waals surface area contributed by atoms with Crippen LogP contribution in [0, 0.1) is 5.92 Å². The summed E-state index contributed by atoms with van der Waals surface area (Å²) in [5.74, 6) is 0.330. The van der Waals surface area contributed by atoms with Crippen molar-refractivity contribution < 1.29 is 9.84 Å². The summed E-state index contributed by atoms with van der Waals surface area (Å²) in [7, 11) is 1.70. The lowest BCUT2D eigenvalue weighted by molar-refractivity contribution is 0.0649. The van der Waals surface area contributed by atoms with E-state index in [1.54, 1.807) is 7.11 Å². The monoisotopic (exact) mass is 189 g/mol. The average molecular weight is 189 g/mol. The number of ether oxygens (including phenoxy) is 1. The summed E-state index contributed by atoms with van der Waals surface area (Å²) < 4.78 is 4.99. The molecule has 80 valence electrons. The Morgan fingerprint density at radius 3 is 2.38 bits per heavy atom. The SMILES string of the molecule is CCN(CCOC)CC(O)C(C)C. The van der Waals surface area contributed by atoms with E-state index in [0.29, 0.717) is 5.92 Å². The summed E-state index contributed by atoms with van der Waals surface area (Å²) in [5, 5.41) is 9.64. The molecule has 0 amide bonds. The van der Waals surface area contributed by atoms with Crippen molar-refractivity contribution in [1.82, 2.24) is 4.90 Å². The van der Waals surface area contributed by atoms with Crippen LogP contribution in [0.4, 0.5) is 0 Å². The molecular formula is C10H23NO2. The molecule has 0 aliphatic heterocycles. The standard InChI is InChI=1S/C10H23NO2/c1-5-11(6-7-13-4)8-10(12)9(2)3/h9-10,12H,5-8H2,1-4H3. The van der Waals surface area contributed by atoms with Crippen molar-refractivity contribution in [3.05, 3.63) is 0 Å². The van der Waals surface area contributed by atoms with Gasteiger partial charge in [-0.05, 0) is 12.5 Å². The summed E-state index contributed by atoms with van der Waals surface area (Å²) in [6.07, 6.45) is -0.225. The van der Waals surface area contributed by atoms with Crippen LogP contribution in [0.15, 0.2) is 0 Å². The van der Waals surface area contributed by atoms with Gasteiger partial charge in [-0.15, -0.1) is 0 Å². The second-order valence-electron chi connectivity index (χ2n) is 3.70. The number of rotatable bonds is 7. The van der Waals surface area contributed by atoms with E-state index in [9.17, 15) is 5.11 Å². The second-order valence-corrected chi connectivity index (χ2v) is 3.70. The van der Waals surface area contributed by atoms with E-state index in [2.05, 4.69) is 11.8 Å². The zero-order valence-electron chi connectivity index (χ0n) is 9.29. The predicted octanol–water partition coefficient (Wildman–Crippen LogP) is 0.972. The van der Waals surface area contributed by atoms with Crippen molar-refractivity contribution in [2.45, 2.75) is 26.9 Å². The van der Waals surface area contributed by atoms with Gasteiger partial charge in [-0.2, -0.15) is 0 Å². The quantitative estimate of drug-likeness (QED) is 0.648. The molecule has 0 saturated heterocycles. The smallest absolute Gasteiger partial charge is 0.0689 e. The molecule has 1 unspecified atom stereocenters. The molecule has 0 aromatic heterocycles. The summed E-state index contributed by atoms with van der Waals surface area (Å²) in [4.78, 5) is 2.20. The second kappa shape index (κ2) is 7.30. The van der Waals surface area contributed by atoms with Crippen LogP contribution in [-0.2, 0) is 4.74 Å². The molecule has 0 saturated carbocycles. The molecule has 3 nitrogen and oxygen atoms in total. The average Bonchev–Trinajstić information content (AvgIpc) is 2.11. The van der Waals surface area contributed by atoms with E-state index in [4.69, 9.17) is 4.74 Å². The van der Waals surface area contributed by atoms with Crippen molar-refractivity contribution in [1.29, 1.82) is 0 Å². The lowest BCUT2D eigenvalue weighted by Gasteiger charge is -2.24. The zero-order valence-corrected chi connectivity index (χ0v) is 9.29. The van der Waals surface area contributed by atoms with E-state index < -0.39 is 0 Å². The molecule has 1 atom stereocenters. The Labute approximate surface area is 81.7 Å². The third-order valence-electron chi connectivity index (χ3n) is 2.27. The fraction of sp³-hybridized carbons (Fsp3) is 1.00. The number of methoxy groups -OCH3 is 1. The van der Waals surface area contributed by atoms with E-state index >= 15 is 0 Å². The normalized spacial score (nSPS) is 14.1. The van der Waals surface area contributed by atoms with Gasteiger partial charge in [-0.3, -0.25) is 4.90 Å². The predicted molar refractivity (Wildman–Crippen MR) is 54.8 cm³/mol. The lowest BCUT2D eigenvalue weighted by atomic mass is 10.1. The first-order chi connectivity index (χ1) is 6.11. The van der Waals surface area contributed by atoms with Gasteiger partial charge >= 0.3 is 0 Å². The summed E-state index contributed by atoms with van der Waals surface area (Å²) >= 11 is 0. The molecule has 0 aromatic rings. The molecule has 0 bridgehead atoms. The first kappa shape index (κ1) is 12.9. The van der Waals surface area contributed by atoms with Gasteiger partial charge in [0.2, 0.25) is 0 Å². The van der Waals surface area contributed by atoms with Crippen molar-refractivity contribution in [2.75, 3.05) is 33.4 Å². The van der Waals surface area contributed by atoms with Crippen LogP contribution in [0.2, 0.25) is 0 Å². The van der Waals surface area contributed by atoms with E-state index in [1.165, 1.54) is 0 Å². The highest BCUT2D eigenvalue weighted by molar-refractivity contribution is 4.66. The number of hydrogen-bond acceptors (Lipinski definition) is 3. The number of nitrogens with zero attached hydrogens (tertiary/aromatic N) is 1. The summed E-state index contributed by atoms with van der Waals surface area (Å²) in [6, 6.07) is 0. The molecule has 0 aromatic carbocycles.